The lowest BCUT2D eigenvalue weighted by molar-refractivity contribution is 0.546. The van der Waals surface area contributed by atoms with E-state index in [0.29, 0.717) is 6.04 Å². The third-order valence-electron chi connectivity index (χ3n) is 3.07. The van der Waals surface area contributed by atoms with Gasteiger partial charge >= 0.3 is 0 Å². The maximum atomic E-state index is 4.13. The van der Waals surface area contributed by atoms with E-state index in [9.17, 15) is 0 Å². The second-order valence-electron chi connectivity index (χ2n) is 4.14. The van der Waals surface area contributed by atoms with Gasteiger partial charge in [-0.3, -0.25) is 4.99 Å². The van der Waals surface area contributed by atoms with E-state index in [4.69, 9.17) is 0 Å². The zero-order chi connectivity index (χ0) is 11.5. The molecule has 0 aliphatic heterocycles. The van der Waals surface area contributed by atoms with E-state index < -0.39 is 0 Å². The molecule has 0 amide bonds. The molecular weight excluding hydrogens is 196 g/mol. The molecule has 0 aliphatic carbocycles. The van der Waals surface area contributed by atoms with Crippen LogP contribution in [-0.2, 0) is 0 Å². The second-order valence-corrected chi connectivity index (χ2v) is 4.14. The van der Waals surface area contributed by atoms with Gasteiger partial charge in [0.1, 0.15) is 0 Å². The Morgan fingerprint density at radius 3 is 2.81 bits per heavy atom. The van der Waals surface area contributed by atoms with Gasteiger partial charge in [-0.2, -0.15) is 0 Å². The quantitative estimate of drug-likeness (QED) is 0.694. The maximum Gasteiger partial charge on any atom is 0.0601 e. The SMILES string of the molecule is CCC(C)n1c(/C=N/C)cc2ccccc21. The topological polar surface area (TPSA) is 17.3 Å². The molecular formula is C14H18N2. The van der Waals surface area contributed by atoms with Crippen LogP contribution in [0.2, 0.25) is 0 Å². The Bertz CT molecular complexity index is 508. The van der Waals surface area contributed by atoms with Crippen molar-refractivity contribution >= 4 is 17.1 Å². The number of hydrogen-bond donors (Lipinski definition) is 0. The van der Waals surface area contributed by atoms with Crippen molar-refractivity contribution < 1.29 is 0 Å². The summed E-state index contributed by atoms with van der Waals surface area (Å²) in [5, 5.41) is 1.29. The summed E-state index contributed by atoms with van der Waals surface area (Å²) in [6.07, 6.45) is 3.06. The average Bonchev–Trinajstić information content (AvgIpc) is 2.66. The van der Waals surface area contributed by atoms with Gasteiger partial charge in [0.2, 0.25) is 0 Å². The fraction of sp³-hybridized carbons (Fsp3) is 0.357. The van der Waals surface area contributed by atoms with Gasteiger partial charge < -0.3 is 4.57 Å². The third kappa shape index (κ3) is 1.75. The number of nitrogens with zero attached hydrogens (tertiary/aromatic N) is 2. The van der Waals surface area contributed by atoms with Crippen molar-refractivity contribution in [3.8, 4) is 0 Å². The summed E-state index contributed by atoms with van der Waals surface area (Å²) >= 11 is 0. The van der Waals surface area contributed by atoms with Crippen molar-refractivity contribution in [2.24, 2.45) is 4.99 Å². The minimum absolute atomic E-state index is 0.507. The van der Waals surface area contributed by atoms with Crippen LogP contribution in [0.1, 0.15) is 32.0 Å². The lowest BCUT2D eigenvalue weighted by Gasteiger charge is -2.15. The van der Waals surface area contributed by atoms with Crippen molar-refractivity contribution in [1.29, 1.82) is 0 Å². The highest BCUT2D eigenvalue weighted by Crippen LogP contribution is 2.24. The molecule has 0 radical (unpaired) electrons. The number of rotatable bonds is 3. The summed E-state index contributed by atoms with van der Waals surface area (Å²) in [7, 11) is 1.82. The molecule has 2 nitrogen and oxygen atoms in total. The first-order valence-corrected chi connectivity index (χ1v) is 5.80. The number of hydrogen-bond acceptors (Lipinski definition) is 1. The molecule has 1 atom stereocenters. The Morgan fingerprint density at radius 1 is 1.38 bits per heavy atom. The van der Waals surface area contributed by atoms with Gasteiger partial charge in [0.25, 0.3) is 0 Å². The van der Waals surface area contributed by atoms with Crippen molar-refractivity contribution in [3.05, 3.63) is 36.0 Å². The summed E-state index contributed by atoms with van der Waals surface area (Å²) in [5.41, 5.74) is 2.49. The van der Waals surface area contributed by atoms with Crippen LogP contribution < -0.4 is 0 Å². The molecule has 0 saturated carbocycles. The Morgan fingerprint density at radius 2 is 2.12 bits per heavy atom. The van der Waals surface area contributed by atoms with Crippen LogP contribution >= 0.6 is 0 Å². The molecule has 1 aromatic carbocycles. The van der Waals surface area contributed by atoms with E-state index in [1.54, 1.807) is 0 Å². The standard InChI is InChI=1S/C14H18N2/c1-4-11(2)16-13(10-15-3)9-12-7-5-6-8-14(12)16/h5-11H,4H2,1-3H3/b15-10+. The Kier molecular flexibility index (Phi) is 3.09. The number of aliphatic imine (C=N–C) groups is 1. The van der Waals surface area contributed by atoms with Crippen LogP contribution in [0.5, 0.6) is 0 Å². The minimum Gasteiger partial charge on any atom is -0.337 e. The molecule has 2 heteroatoms. The van der Waals surface area contributed by atoms with E-state index in [1.165, 1.54) is 16.6 Å². The number of benzene rings is 1. The molecule has 0 saturated heterocycles. The molecule has 2 rings (SSSR count). The molecule has 0 bridgehead atoms. The predicted octanol–water partition coefficient (Wildman–Crippen LogP) is 3.66. The van der Waals surface area contributed by atoms with Crippen LogP contribution in [0.4, 0.5) is 0 Å². The monoisotopic (exact) mass is 214 g/mol. The lowest BCUT2D eigenvalue weighted by Crippen LogP contribution is -2.07. The maximum absolute atomic E-state index is 4.13. The molecule has 2 aromatic rings. The van der Waals surface area contributed by atoms with Crippen molar-refractivity contribution in [3.63, 3.8) is 0 Å². The predicted molar refractivity (Wildman–Crippen MR) is 70.5 cm³/mol. The highest BCUT2D eigenvalue weighted by molar-refractivity contribution is 5.90. The zero-order valence-corrected chi connectivity index (χ0v) is 10.1. The summed E-state index contributed by atoms with van der Waals surface area (Å²) in [4.78, 5) is 4.13. The summed E-state index contributed by atoms with van der Waals surface area (Å²) in [5.74, 6) is 0. The first kappa shape index (κ1) is 10.9. The van der Waals surface area contributed by atoms with Crippen LogP contribution in [0.15, 0.2) is 35.3 Å². The van der Waals surface area contributed by atoms with E-state index in [2.05, 4.69) is 53.7 Å². The van der Waals surface area contributed by atoms with Gasteiger partial charge in [-0.05, 0) is 25.5 Å². The number of aromatic nitrogens is 1. The van der Waals surface area contributed by atoms with E-state index in [1.807, 2.05) is 13.3 Å². The molecule has 1 heterocycles. The first-order chi connectivity index (χ1) is 7.77. The lowest BCUT2D eigenvalue weighted by atomic mass is 10.2. The summed E-state index contributed by atoms with van der Waals surface area (Å²) < 4.78 is 2.36. The Balaban J connectivity index is 2.69. The first-order valence-electron chi connectivity index (χ1n) is 5.80. The molecule has 1 aromatic heterocycles. The highest BCUT2D eigenvalue weighted by Gasteiger charge is 2.10. The second kappa shape index (κ2) is 4.52. The van der Waals surface area contributed by atoms with Crippen LogP contribution in [-0.4, -0.2) is 17.8 Å². The van der Waals surface area contributed by atoms with Crippen molar-refractivity contribution in [2.45, 2.75) is 26.3 Å². The van der Waals surface area contributed by atoms with Gasteiger partial charge in [0.05, 0.1) is 5.69 Å². The minimum atomic E-state index is 0.507. The van der Waals surface area contributed by atoms with E-state index >= 15 is 0 Å². The Hall–Kier alpha value is -1.57. The average molecular weight is 214 g/mol. The largest absolute Gasteiger partial charge is 0.337 e. The van der Waals surface area contributed by atoms with Crippen LogP contribution in [0.25, 0.3) is 10.9 Å². The van der Waals surface area contributed by atoms with Gasteiger partial charge in [-0.15, -0.1) is 0 Å². The zero-order valence-electron chi connectivity index (χ0n) is 10.1. The molecule has 84 valence electrons. The van der Waals surface area contributed by atoms with Crippen molar-refractivity contribution in [2.75, 3.05) is 7.05 Å². The molecule has 1 unspecified atom stereocenters. The number of fused-ring (bicyclic) bond motifs is 1. The van der Waals surface area contributed by atoms with Gasteiger partial charge in [0.15, 0.2) is 0 Å². The molecule has 16 heavy (non-hydrogen) atoms. The smallest absolute Gasteiger partial charge is 0.0601 e. The molecule has 0 fully saturated rings. The molecule has 0 N–H and O–H groups in total. The fourth-order valence-corrected chi connectivity index (χ4v) is 2.10. The fourth-order valence-electron chi connectivity index (χ4n) is 2.10. The van der Waals surface area contributed by atoms with Gasteiger partial charge in [-0.1, -0.05) is 25.1 Å². The van der Waals surface area contributed by atoms with E-state index in [0.717, 1.165) is 6.42 Å². The van der Waals surface area contributed by atoms with Crippen molar-refractivity contribution in [1.82, 2.24) is 4.57 Å². The third-order valence-corrected chi connectivity index (χ3v) is 3.07. The molecule has 0 spiro atoms. The highest BCUT2D eigenvalue weighted by atomic mass is 15.0. The van der Waals surface area contributed by atoms with E-state index in [-0.39, 0.29) is 0 Å². The van der Waals surface area contributed by atoms with Gasteiger partial charge in [-0.25, -0.2) is 0 Å². The molecule has 0 aliphatic rings. The number of para-hydroxylation sites is 1. The normalized spacial score (nSPS) is 13.7. The summed E-state index contributed by atoms with van der Waals surface area (Å²) in [6, 6.07) is 11.2. The summed E-state index contributed by atoms with van der Waals surface area (Å²) in [6.45, 7) is 4.46. The Labute approximate surface area is 96.6 Å². The van der Waals surface area contributed by atoms with Crippen LogP contribution in [0, 0.1) is 0 Å². The van der Waals surface area contributed by atoms with Gasteiger partial charge in [0, 0.05) is 30.2 Å². The van der Waals surface area contributed by atoms with Crippen LogP contribution in [0.3, 0.4) is 0 Å².